The van der Waals surface area contributed by atoms with Gasteiger partial charge in [0.15, 0.2) is 0 Å². The number of aromatic nitrogens is 1. The van der Waals surface area contributed by atoms with Crippen LogP contribution in [0.15, 0.2) is 30.5 Å². The van der Waals surface area contributed by atoms with Crippen LogP contribution in [0.4, 0.5) is 11.4 Å². The van der Waals surface area contributed by atoms with Crippen molar-refractivity contribution in [2.24, 2.45) is 5.92 Å². The highest BCUT2D eigenvalue weighted by Crippen LogP contribution is 2.41. The van der Waals surface area contributed by atoms with Crippen molar-refractivity contribution in [1.82, 2.24) is 4.98 Å². The van der Waals surface area contributed by atoms with Crippen LogP contribution < -0.4 is 10.2 Å². The molecule has 2 aliphatic rings. The molecule has 0 spiro atoms. The van der Waals surface area contributed by atoms with E-state index >= 15 is 0 Å². The quantitative estimate of drug-likeness (QED) is 0.873. The molecule has 1 amide bonds. The number of nitrogens with one attached hydrogen (secondary N) is 1. The molecule has 2 unspecified atom stereocenters. The van der Waals surface area contributed by atoms with Gasteiger partial charge in [-0.25, -0.2) is 0 Å². The summed E-state index contributed by atoms with van der Waals surface area (Å²) in [6.07, 6.45) is 5.06. The molecule has 108 valence electrons. The maximum absolute atomic E-state index is 12.4. The first-order valence-corrected chi connectivity index (χ1v) is 7.73. The fourth-order valence-corrected chi connectivity index (χ4v) is 3.67. The molecule has 0 bridgehead atoms. The third-order valence-electron chi connectivity index (χ3n) is 4.88. The van der Waals surface area contributed by atoms with Crippen LogP contribution in [-0.2, 0) is 4.79 Å². The number of pyridine rings is 1. The van der Waals surface area contributed by atoms with Gasteiger partial charge in [-0.1, -0.05) is 31.5 Å². The zero-order valence-electron chi connectivity index (χ0n) is 12.2. The summed E-state index contributed by atoms with van der Waals surface area (Å²) in [6, 6.07) is 8.14. The summed E-state index contributed by atoms with van der Waals surface area (Å²) < 4.78 is 0. The van der Waals surface area contributed by atoms with Crippen LogP contribution in [0.5, 0.6) is 0 Å². The fourth-order valence-electron chi connectivity index (χ4n) is 3.67. The molecule has 21 heavy (non-hydrogen) atoms. The molecule has 4 heteroatoms. The lowest BCUT2D eigenvalue weighted by molar-refractivity contribution is -0.118. The maximum atomic E-state index is 12.4. The molecular weight excluding hydrogens is 262 g/mol. The molecule has 1 aromatic heterocycles. The van der Waals surface area contributed by atoms with Gasteiger partial charge in [0.2, 0.25) is 5.91 Å². The SMILES string of the molecule is CCC1CCN2c3c(cnc4ccccc34)NC(=O)C2C1. The standard InChI is InChI=1S/C17H19N3O/c1-2-11-7-8-20-15(9-11)17(21)19-14-10-18-13-6-4-3-5-12(13)16(14)20/h3-6,10-11,15H,2,7-9H2,1H3,(H,19,21). The Morgan fingerprint density at radius 2 is 2.24 bits per heavy atom. The van der Waals surface area contributed by atoms with Gasteiger partial charge in [0.25, 0.3) is 0 Å². The lowest BCUT2D eigenvalue weighted by atomic mass is 9.86. The van der Waals surface area contributed by atoms with E-state index in [9.17, 15) is 4.79 Å². The van der Waals surface area contributed by atoms with Crippen LogP contribution in [0.1, 0.15) is 26.2 Å². The fraction of sp³-hybridized carbons (Fsp3) is 0.412. The van der Waals surface area contributed by atoms with Crippen molar-refractivity contribution in [3.63, 3.8) is 0 Å². The molecule has 2 atom stereocenters. The second-order valence-electron chi connectivity index (χ2n) is 6.03. The molecule has 1 aromatic carbocycles. The molecule has 2 aromatic rings. The summed E-state index contributed by atoms with van der Waals surface area (Å²) in [6.45, 7) is 3.17. The Bertz CT molecular complexity index is 712. The van der Waals surface area contributed by atoms with Crippen LogP contribution in [0.25, 0.3) is 10.9 Å². The van der Waals surface area contributed by atoms with Crippen LogP contribution in [-0.4, -0.2) is 23.5 Å². The number of amides is 1. The monoisotopic (exact) mass is 281 g/mol. The number of hydrogen-bond donors (Lipinski definition) is 1. The predicted octanol–water partition coefficient (Wildman–Crippen LogP) is 3.18. The number of carbonyl (C=O) groups is 1. The van der Waals surface area contributed by atoms with E-state index in [1.807, 2.05) is 18.2 Å². The van der Waals surface area contributed by atoms with E-state index in [-0.39, 0.29) is 11.9 Å². The Balaban J connectivity index is 1.86. The molecule has 4 nitrogen and oxygen atoms in total. The van der Waals surface area contributed by atoms with Gasteiger partial charge >= 0.3 is 0 Å². The second kappa shape index (κ2) is 4.72. The van der Waals surface area contributed by atoms with E-state index in [4.69, 9.17) is 0 Å². The van der Waals surface area contributed by atoms with Crippen LogP contribution in [0.3, 0.4) is 0 Å². The average Bonchev–Trinajstić information content (AvgIpc) is 2.54. The largest absolute Gasteiger partial charge is 0.357 e. The lowest BCUT2D eigenvalue weighted by Crippen LogP contribution is -2.52. The van der Waals surface area contributed by atoms with Gasteiger partial charge in [-0.05, 0) is 24.8 Å². The highest BCUT2D eigenvalue weighted by atomic mass is 16.2. The van der Waals surface area contributed by atoms with Gasteiger partial charge in [-0.15, -0.1) is 0 Å². The minimum absolute atomic E-state index is 0.0259. The number of anilines is 2. The minimum atomic E-state index is -0.0259. The van der Waals surface area contributed by atoms with Crippen LogP contribution in [0.2, 0.25) is 0 Å². The molecule has 0 radical (unpaired) electrons. The Morgan fingerprint density at radius 3 is 3.10 bits per heavy atom. The van der Waals surface area contributed by atoms with Crippen molar-refractivity contribution in [2.75, 3.05) is 16.8 Å². The van der Waals surface area contributed by atoms with Gasteiger partial charge in [0.05, 0.1) is 23.1 Å². The summed E-state index contributed by atoms with van der Waals surface area (Å²) in [4.78, 5) is 19.2. The summed E-state index contributed by atoms with van der Waals surface area (Å²) in [5, 5.41) is 4.19. The van der Waals surface area contributed by atoms with Crippen LogP contribution >= 0.6 is 0 Å². The van der Waals surface area contributed by atoms with Gasteiger partial charge in [0, 0.05) is 11.9 Å². The molecular formula is C17H19N3O. The van der Waals surface area contributed by atoms with E-state index in [1.54, 1.807) is 6.20 Å². The summed E-state index contributed by atoms with van der Waals surface area (Å²) in [5.41, 5.74) is 2.99. The predicted molar refractivity (Wildman–Crippen MR) is 84.5 cm³/mol. The minimum Gasteiger partial charge on any atom is -0.357 e. The number of hydrogen-bond acceptors (Lipinski definition) is 3. The third kappa shape index (κ3) is 1.89. The van der Waals surface area contributed by atoms with Crippen molar-refractivity contribution in [3.8, 4) is 0 Å². The third-order valence-corrected chi connectivity index (χ3v) is 4.88. The number of carbonyl (C=O) groups excluding carboxylic acids is 1. The maximum Gasteiger partial charge on any atom is 0.247 e. The molecule has 3 heterocycles. The molecule has 0 aliphatic carbocycles. The van der Waals surface area contributed by atoms with Gasteiger partial charge in [0.1, 0.15) is 6.04 Å². The second-order valence-corrected chi connectivity index (χ2v) is 6.03. The van der Waals surface area contributed by atoms with E-state index in [0.717, 1.165) is 48.1 Å². The van der Waals surface area contributed by atoms with E-state index in [2.05, 4.69) is 28.2 Å². The van der Waals surface area contributed by atoms with Gasteiger partial charge in [-0.3, -0.25) is 9.78 Å². The first-order valence-electron chi connectivity index (χ1n) is 7.73. The zero-order valence-corrected chi connectivity index (χ0v) is 12.2. The molecule has 4 rings (SSSR count). The summed E-state index contributed by atoms with van der Waals surface area (Å²) in [7, 11) is 0. The zero-order chi connectivity index (χ0) is 14.4. The van der Waals surface area contributed by atoms with E-state index in [1.165, 1.54) is 0 Å². The number of rotatable bonds is 1. The van der Waals surface area contributed by atoms with Gasteiger partial charge in [-0.2, -0.15) is 0 Å². The van der Waals surface area contributed by atoms with Crippen molar-refractivity contribution in [3.05, 3.63) is 30.5 Å². The van der Waals surface area contributed by atoms with Crippen molar-refractivity contribution in [1.29, 1.82) is 0 Å². The normalized spacial score (nSPS) is 24.4. The smallest absolute Gasteiger partial charge is 0.247 e. The van der Waals surface area contributed by atoms with E-state index in [0.29, 0.717) is 5.92 Å². The highest BCUT2D eigenvalue weighted by Gasteiger charge is 2.38. The molecule has 1 fully saturated rings. The van der Waals surface area contributed by atoms with Crippen molar-refractivity contribution >= 4 is 28.2 Å². The van der Waals surface area contributed by atoms with Crippen molar-refractivity contribution < 1.29 is 4.79 Å². The summed E-state index contributed by atoms with van der Waals surface area (Å²) in [5.74, 6) is 0.782. The number of benzene rings is 1. The molecule has 2 aliphatic heterocycles. The number of fused-ring (bicyclic) bond motifs is 5. The Kier molecular flexibility index (Phi) is 2.84. The number of nitrogens with zero attached hydrogens (tertiary/aromatic N) is 2. The molecule has 0 saturated carbocycles. The molecule has 1 N–H and O–H groups in total. The van der Waals surface area contributed by atoms with Crippen LogP contribution in [0, 0.1) is 5.92 Å². The number of para-hydroxylation sites is 1. The van der Waals surface area contributed by atoms with Crippen molar-refractivity contribution in [2.45, 2.75) is 32.2 Å². The topological polar surface area (TPSA) is 45.2 Å². The van der Waals surface area contributed by atoms with E-state index < -0.39 is 0 Å². The Labute approximate surface area is 124 Å². The first-order chi connectivity index (χ1) is 10.3. The number of piperidine rings is 1. The first kappa shape index (κ1) is 12.6. The lowest BCUT2D eigenvalue weighted by Gasteiger charge is -2.44. The Hall–Kier alpha value is -2.10. The Morgan fingerprint density at radius 1 is 1.38 bits per heavy atom. The molecule has 1 saturated heterocycles. The summed E-state index contributed by atoms with van der Waals surface area (Å²) >= 11 is 0. The average molecular weight is 281 g/mol. The highest BCUT2D eigenvalue weighted by molar-refractivity contribution is 6.10. The van der Waals surface area contributed by atoms with Gasteiger partial charge < -0.3 is 10.2 Å².